The van der Waals surface area contributed by atoms with Crippen LogP contribution in [0, 0.1) is 5.92 Å². The van der Waals surface area contributed by atoms with E-state index in [-0.39, 0.29) is 38.4 Å². The molecular weight excluding hydrogens is 395 g/mol. The summed E-state index contributed by atoms with van der Waals surface area (Å²) in [6, 6.07) is 0. The Labute approximate surface area is 158 Å². The molecule has 1 aliphatic heterocycles. The minimum absolute atomic E-state index is 0.0726. The Kier molecular flexibility index (Phi) is 6.31. The van der Waals surface area contributed by atoms with Gasteiger partial charge < -0.3 is 21.1 Å². The number of nitrogen functional groups attached to an aromatic ring is 1. The molecule has 1 fully saturated rings. The number of hydrogen-bond acceptors (Lipinski definition) is 6. The van der Waals surface area contributed by atoms with E-state index in [1.165, 1.54) is 4.90 Å². The van der Waals surface area contributed by atoms with Crippen LogP contribution in [-0.2, 0) is 14.3 Å². The lowest BCUT2D eigenvalue weighted by Gasteiger charge is -2.30. The van der Waals surface area contributed by atoms with Crippen molar-refractivity contribution in [1.82, 2.24) is 9.88 Å². The predicted molar refractivity (Wildman–Crippen MR) is 92.5 cm³/mol. The Morgan fingerprint density at radius 3 is 2.32 bits per heavy atom. The summed E-state index contributed by atoms with van der Waals surface area (Å²) in [7, 11) is 0. The summed E-state index contributed by atoms with van der Waals surface area (Å²) in [5, 5.41) is -0.471. The summed E-state index contributed by atoms with van der Waals surface area (Å²) in [5.41, 5.74) is 10.4. The standard InChI is InChI=1S/C14H15Cl3N4O4/c15-8-10(18)9(16)12(17)20-11(8)14(24)25-5-7(22)21-3-1-6(2-4-21)13(19)23/h6H,1-5H2,(H2,18,20)(H2,19,23). The highest BCUT2D eigenvalue weighted by Crippen LogP contribution is 2.34. The highest BCUT2D eigenvalue weighted by molar-refractivity contribution is 6.46. The molecule has 0 atom stereocenters. The van der Waals surface area contributed by atoms with Crippen molar-refractivity contribution < 1.29 is 19.1 Å². The number of hydrogen-bond donors (Lipinski definition) is 2. The summed E-state index contributed by atoms with van der Waals surface area (Å²) < 4.78 is 4.92. The lowest BCUT2D eigenvalue weighted by molar-refractivity contribution is -0.137. The van der Waals surface area contributed by atoms with Crippen LogP contribution in [-0.4, -0.2) is 47.4 Å². The quantitative estimate of drug-likeness (QED) is 0.573. The summed E-state index contributed by atoms with van der Waals surface area (Å²) in [5.74, 6) is -1.97. The number of primary amides is 1. The van der Waals surface area contributed by atoms with E-state index < -0.39 is 18.5 Å². The summed E-state index contributed by atoms with van der Waals surface area (Å²) in [4.78, 5) is 40.5. The van der Waals surface area contributed by atoms with Crippen LogP contribution in [0.1, 0.15) is 23.3 Å². The molecule has 2 rings (SSSR count). The first-order valence-electron chi connectivity index (χ1n) is 7.26. The van der Waals surface area contributed by atoms with Crippen molar-refractivity contribution in [2.45, 2.75) is 12.8 Å². The van der Waals surface area contributed by atoms with Crippen molar-refractivity contribution in [3.8, 4) is 0 Å². The smallest absolute Gasteiger partial charge is 0.359 e. The van der Waals surface area contributed by atoms with Crippen LogP contribution < -0.4 is 11.5 Å². The van der Waals surface area contributed by atoms with Crippen molar-refractivity contribution in [3.63, 3.8) is 0 Å². The van der Waals surface area contributed by atoms with Gasteiger partial charge in [-0.1, -0.05) is 34.8 Å². The number of nitrogens with zero attached hydrogens (tertiary/aromatic N) is 2. The van der Waals surface area contributed by atoms with Crippen molar-refractivity contribution >= 4 is 58.3 Å². The molecule has 8 nitrogen and oxygen atoms in total. The van der Waals surface area contributed by atoms with Crippen LogP contribution in [0.2, 0.25) is 15.2 Å². The van der Waals surface area contributed by atoms with E-state index in [4.69, 9.17) is 51.0 Å². The first kappa shape index (κ1) is 19.6. The molecule has 4 N–H and O–H groups in total. The van der Waals surface area contributed by atoms with Gasteiger partial charge in [-0.2, -0.15) is 0 Å². The fraction of sp³-hybridized carbons (Fsp3) is 0.429. The van der Waals surface area contributed by atoms with Gasteiger partial charge in [0.2, 0.25) is 5.91 Å². The van der Waals surface area contributed by atoms with Gasteiger partial charge in [0.05, 0.1) is 10.7 Å². The molecule has 25 heavy (non-hydrogen) atoms. The SMILES string of the molecule is NC(=O)C1CCN(C(=O)COC(=O)c2nc(Cl)c(Cl)c(N)c2Cl)CC1. The molecule has 2 amide bonds. The lowest BCUT2D eigenvalue weighted by Crippen LogP contribution is -2.43. The maximum atomic E-state index is 12.1. The molecule has 0 radical (unpaired) electrons. The lowest BCUT2D eigenvalue weighted by atomic mass is 9.96. The third-order valence-electron chi connectivity index (χ3n) is 3.84. The van der Waals surface area contributed by atoms with Crippen LogP contribution >= 0.6 is 34.8 Å². The van der Waals surface area contributed by atoms with Gasteiger partial charge in [-0.25, -0.2) is 9.78 Å². The topological polar surface area (TPSA) is 129 Å². The zero-order valence-corrected chi connectivity index (χ0v) is 15.2. The van der Waals surface area contributed by atoms with E-state index in [1.54, 1.807) is 0 Å². The molecule has 0 bridgehead atoms. The van der Waals surface area contributed by atoms with Crippen LogP contribution in [0.25, 0.3) is 0 Å². The van der Waals surface area contributed by atoms with E-state index in [0.717, 1.165) is 0 Å². The Hall–Kier alpha value is -1.77. The largest absolute Gasteiger partial charge is 0.451 e. The van der Waals surface area contributed by atoms with E-state index in [0.29, 0.717) is 25.9 Å². The highest BCUT2D eigenvalue weighted by atomic mass is 35.5. The maximum absolute atomic E-state index is 12.1. The number of anilines is 1. The number of esters is 1. The number of carbonyl (C=O) groups excluding carboxylic acids is 3. The zero-order valence-electron chi connectivity index (χ0n) is 12.9. The van der Waals surface area contributed by atoms with Gasteiger partial charge in [0, 0.05) is 19.0 Å². The summed E-state index contributed by atoms with van der Waals surface area (Å²) >= 11 is 17.4. The first-order valence-corrected chi connectivity index (χ1v) is 8.40. The first-order chi connectivity index (χ1) is 11.7. The third kappa shape index (κ3) is 4.45. The highest BCUT2D eigenvalue weighted by Gasteiger charge is 2.27. The van der Waals surface area contributed by atoms with Crippen LogP contribution in [0.3, 0.4) is 0 Å². The molecule has 0 aliphatic carbocycles. The summed E-state index contributed by atoms with van der Waals surface area (Å²) in [6.07, 6.45) is 0.956. The van der Waals surface area contributed by atoms with E-state index in [1.807, 2.05) is 0 Å². The monoisotopic (exact) mass is 408 g/mol. The molecule has 0 saturated carbocycles. The molecule has 1 aromatic heterocycles. The maximum Gasteiger partial charge on any atom is 0.359 e. The average molecular weight is 410 g/mol. The molecule has 11 heteroatoms. The van der Waals surface area contributed by atoms with Crippen LogP contribution in [0.5, 0.6) is 0 Å². The van der Waals surface area contributed by atoms with Gasteiger partial charge in [0.15, 0.2) is 17.5 Å². The normalized spacial score (nSPS) is 15.1. The second-order valence-electron chi connectivity index (χ2n) is 5.43. The van der Waals surface area contributed by atoms with E-state index in [2.05, 4.69) is 4.98 Å². The second-order valence-corrected chi connectivity index (χ2v) is 6.54. The number of likely N-dealkylation sites (tertiary alicyclic amines) is 1. The molecule has 0 unspecified atom stereocenters. The molecule has 1 aromatic rings. The Morgan fingerprint density at radius 2 is 1.76 bits per heavy atom. The van der Waals surface area contributed by atoms with Gasteiger partial charge in [-0.05, 0) is 12.8 Å². The van der Waals surface area contributed by atoms with E-state index >= 15 is 0 Å². The van der Waals surface area contributed by atoms with Gasteiger partial charge in [0.25, 0.3) is 5.91 Å². The minimum atomic E-state index is -0.948. The molecule has 0 spiro atoms. The second kappa shape index (κ2) is 8.07. The van der Waals surface area contributed by atoms with Crippen LogP contribution in [0.15, 0.2) is 0 Å². The number of pyridine rings is 1. The van der Waals surface area contributed by atoms with Gasteiger partial charge in [0.1, 0.15) is 5.02 Å². The van der Waals surface area contributed by atoms with Gasteiger partial charge in [-0.15, -0.1) is 0 Å². The number of nitrogens with two attached hydrogens (primary N) is 2. The number of rotatable bonds is 4. The molecule has 136 valence electrons. The Balaban J connectivity index is 1.95. The number of piperidine rings is 1. The minimum Gasteiger partial charge on any atom is -0.451 e. The van der Waals surface area contributed by atoms with Crippen molar-refractivity contribution in [3.05, 3.63) is 20.9 Å². The van der Waals surface area contributed by atoms with Crippen molar-refractivity contribution in [2.24, 2.45) is 11.7 Å². The van der Waals surface area contributed by atoms with Gasteiger partial charge >= 0.3 is 5.97 Å². The molecule has 1 saturated heterocycles. The summed E-state index contributed by atoms with van der Waals surface area (Å²) in [6.45, 7) is 0.226. The zero-order chi connectivity index (χ0) is 18.7. The molecular formula is C14H15Cl3N4O4. The number of carbonyl (C=O) groups is 3. The Morgan fingerprint density at radius 1 is 1.16 bits per heavy atom. The third-order valence-corrected chi connectivity index (χ3v) is 4.98. The number of aromatic nitrogens is 1. The number of amides is 2. The number of halogens is 3. The Bertz CT molecular complexity index is 721. The van der Waals surface area contributed by atoms with Crippen molar-refractivity contribution in [2.75, 3.05) is 25.4 Å². The fourth-order valence-electron chi connectivity index (χ4n) is 2.37. The molecule has 2 heterocycles. The molecule has 0 aromatic carbocycles. The molecule has 1 aliphatic rings. The average Bonchev–Trinajstić information content (AvgIpc) is 2.60. The number of ether oxygens (including phenoxy) is 1. The van der Waals surface area contributed by atoms with Gasteiger partial charge in [-0.3, -0.25) is 9.59 Å². The van der Waals surface area contributed by atoms with Crippen LogP contribution in [0.4, 0.5) is 5.69 Å². The van der Waals surface area contributed by atoms with E-state index in [9.17, 15) is 14.4 Å². The fourth-order valence-corrected chi connectivity index (χ4v) is 2.95. The predicted octanol–water partition coefficient (Wildman–Crippen LogP) is 1.50. The van der Waals surface area contributed by atoms with Crippen molar-refractivity contribution in [1.29, 1.82) is 0 Å².